The van der Waals surface area contributed by atoms with Crippen LogP contribution < -0.4 is 15.0 Å². The number of amides is 1. The Morgan fingerprint density at radius 1 is 1.30 bits per heavy atom. The standard InChI is InChI=1S/C15H20N4O4/c1-19(10-13(20)16-8-9-21-2)15-17-14(18-23-15)11-4-6-12(22-3)7-5-11/h4-7H,8-10H2,1-3H3,(H,16,20). The summed E-state index contributed by atoms with van der Waals surface area (Å²) in [5, 5.41) is 6.65. The largest absolute Gasteiger partial charge is 0.497 e. The zero-order chi connectivity index (χ0) is 16.7. The van der Waals surface area contributed by atoms with Gasteiger partial charge in [0.25, 0.3) is 0 Å². The van der Waals surface area contributed by atoms with Crippen molar-refractivity contribution in [3.05, 3.63) is 24.3 Å². The molecule has 0 aliphatic heterocycles. The minimum Gasteiger partial charge on any atom is -0.497 e. The first-order chi connectivity index (χ1) is 11.1. The lowest BCUT2D eigenvalue weighted by Gasteiger charge is -2.13. The number of rotatable bonds is 8. The third kappa shape index (κ3) is 4.68. The highest BCUT2D eigenvalue weighted by Gasteiger charge is 2.15. The molecule has 1 N–H and O–H groups in total. The number of ether oxygens (including phenoxy) is 2. The van der Waals surface area contributed by atoms with Crippen molar-refractivity contribution in [3.8, 4) is 17.1 Å². The van der Waals surface area contributed by atoms with Gasteiger partial charge in [-0.15, -0.1) is 0 Å². The average Bonchev–Trinajstić information content (AvgIpc) is 3.05. The van der Waals surface area contributed by atoms with E-state index in [9.17, 15) is 4.79 Å². The Hall–Kier alpha value is -2.61. The number of aromatic nitrogens is 2. The Balaban J connectivity index is 1.96. The lowest BCUT2D eigenvalue weighted by atomic mass is 10.2. The Kier molecular flexibility index (Phi) is 5.93. The topological polar surface area (TPSA) is 89.7 Å². The van der Waals surface area contributed by atoms with E-state index < -0.39 is 0 Å². The van der Waals surface area contributed by atoms with Gasteiger partial charge in [-0.3, -0.25) is 4.79 Å². The normalized spacial score (nSPS) is 10.4. The molecule has 23 heavy (non-hydrogen) atoms. The molecular weight excluding hydrogens is 300 g/mol. The van der Waals surface area contributed by atoms with Gasteiger partial charge in [-0.1, -0.05) is 5.16 Å². The van der Waals surface area contributed by atoms with Gasteiger partial charge in [0, 0.05) is 26.3 Å². The number of nitrogens with one attached hydrogen (secondary N) is 1. The van der Waals surface area contributed by atoms with Gasteiger partial charge in [0.1, 0.15) is 12.3 Å². The first-order valence-electron chi connectivity index (χ1n) is 7.09. The van der Waals surface area contributed by atoms with E-state index in [4.69, 9.17) is 14.0 Å². The molecule has 124 valence electrons. The number of anilines is 1. The highest BCUT2D eigenvalue weighted by atomic mass is 16.5. The van der Waals surface area contributed by atoms with E-state index in [0.717, 1.165) is 11.3 Å². The third-order valence-corrected chi connectivity index (χ3v) is 3.10. The van der Waals surface area contributed by atoms with E-state index in [-0.39, 0.29) is 18.5 Å². The first kappa shape index (κ1) is 16.8. The van der Waals surface area contributed by atoms with E-state index in [1.165, 1.54) is 0 Å². The van der Waals surface area contributed by atoms with Crippen LogP contribution in [-0.2, 0) is 9.53 Å². The lowest BCUT2D eigenvalue weighted by molar-refractivity contribution is -0.119. The monoisotopic (exact) mass is 320 g/mol. The van der Waals surface area contributed by atoms with Crippen molar-refractivity contribution in [1.29, 1.82) is 0 Å². The number of benzene rings is 1. The van der Waals surface area contributed by atoms with E-state index >= 15 is 0 Å². The molecule has 0 spiro atoms. The van der Waals surface area contributed by atoms with Gasteiger partial charge in [0.2, 0.25) is 11.7 Å². The van der Waals surface area contributed by atoms with Crippen molar-refractivity contribution in [1.82, 2.24) is 15.5 Å². The average molecular weight is 320 g/mol. The molecule has 1 aromatic heterocycles. The smallest absolute Gasteiger partial charge is 0.324 e. The second kappa shape index (κ2) is 8.14. The van der Waals surface area contributed by atoms with Crippen molar-refractivity contribution in [2.24, 2.45) is 0 Å². The summed E-state index contributed by atoms with van der Waals surface area (Å²) in [5.74, 6) is 1.06. The van der Waals surface area contributed by atoms with Crippen molar-refractivity contribution >= 4 is 11.9 Å². The molecule has 0 aliphatic carbocycles. The van der Waals surface area contributed by atoms with Gasteiger partial charge < -0.3 is 24.2 Å². The van der Waals surface area contributed by atoms with Crippen LogP contribution >= 0.6 is 0 Å². The van der Waals surface area contributed by atoms with Crippen LogP contribution in [0.5, 0.6) is 5.75 Å². The van der Waals surface area contributed by atoms with Gasteiger partial charge in [0.15, 0.2) is 0 Å². The summed E-state index contributed by atoms with van der Waals surface area (Å²) in [6, 6.07) is 7.59. The number of nitrogens with zero attached hydrogens (tertiary/aromatic N) is 3. The lowest BCUT2D eigenvalue weighted by Crippen LogP contribution is -2.36. The van der Waals surface area contributed by atoms with Crippen LogP contribution in [0.25, 0.3) is 11.4 Å². The van der Waals surface area contributed by atoms with Crippen LogP contribution in [0.1, 0.15) is 0 Å². The van der Waals surface area contributed by atoms with Gasteiger partial charge in [0.05, 0.1) is 13.7 Å². The molecule has 0 aliphatic rings. The minimum atomic E-state index is -0.145. The molecule has 1 aromatic carbocycles. The van der Waals surface area contributed by atoms with Crippen LogP contribution in [0, 0.1) is 0 Å². The Bertz CT molecular complexity index is 627. The summed E-state index contributed by atoms with van der Waals surface area (Å²) in [6.45, 7) is 1.05. The fraction of sp³-hybridized carbons (Fsp3) is 0.400. The fourth-order valence-corrected chi connectivity index (χ4v) is 1.86. The summed E-state index contributed by atoms with van der Waals surface area (Å²) in [7, 11) is 4.90. The molecule has 0 saturated heterocycles. The van der Waals surface area contributed by atoms with Crippen LogP contribution in [0.3, 0.4) is 0 Å². The number of hydrogen-bond donors (Lipinski definition) is 1. The predicted molar refractivity (Wildman–Crippen MR) is 84.4 cm³/mol. The van der Waals surface area contributed by atoms with Crippen LogP contribution in [0.2, 0.25) is 0 Å². The summed E-state index contributed by atoms with van der Waals surface area (Å²) in [6.07, 6.45) is 0. The number of likely N-dealkylation sites (N-methyl/N-ethyl adjacent to an activating group) is 1. The second-order valence-electron chi connectivity index (χ2n) is 4.83. The molecule has 0 fully saturated rings. The molecular formula is C15H20N4O4. The molecule has 0 saturated carbocycles. The highest BCUT2D eigenvalue weighted by molar-refractivity contribution is 5.80. The number of hydrogen-bond acceptors (Lipinski definition) is 7. The molecule has 1 heterocycles. The van der Waals surface area contributed by atoms with Gasteiger partial charge >= 0.3 is 6.01 Å². The molecule has 0 bridgehead atoms. The summed E-state index contributed by atoms with van der Waals surface area (Å²) >= 11 is 0. The zero-order valence-corrected chi connectivity index (χ0v) is 13.4. The second-order valence-corrected chi connectivity index (χ2v) is 4.83. The molecule has 2 rings (SSSR count). The van der Waals surface area contributed by atoms with E-state index in [1.807, 2.05) is 24.3 Å². The van der Waals surface area contributed by atoms with Gasteiger partial charge in [-0.05, 0) is 24.3 Å². The number of methoxy groups -OCH3 is 2. The molecule has 0 radical (unpaired) electrons. The number of carbonyl (C=O) groups excluding carboxylic acids is 1. The molecule has 2 aromatic rings. The maximum absolute atomic E-state index is 11.7. The molecule has 8 heteroatoms. The van der Waals surface area contributed by atoms with Gasteiger partial charge in [-0.25, -0.2) is 0 Å². The Morgan fingerprint density at radius 3 is 2.70 bits per heavy atom. The molecule has 1 amide bonds. The van der Waals surface area contributed by atoms with Crippen molar-refractivity contribution in [2.45, 2.75) is 0 Å². The van der Waals surface area contributed by atoms with Crippen LogP contribution in [0.4, 0.5) is 6.01 Å². The van der Waals surface area contributed by atoms with E-state index in [2.05, 4.69) is 15.5 Å². The Morgan fingerprint density at radius 2 is 2.04 bits per heavy atom. The maximum atomic E-state index is 11.7. The van der Waals surface area contributed by atoms with E-state index in [0.29, 0.717) is 19.0 Å². The fourth-order valence-electron chi connectivity index (χ4n) is 1.86. The predicted octanol–water partition coefficient (Wildman–Crippen LogP) is 0.944. The van der Waals surface area contributed by atoms with Gasteiger partial charge in [-0.2, -0.15) is 4.98 Å². The molecule has 0 atom stereocenters. The zero-order valence-electron chi connectivity index (χ0n) is 13.4. The number of carbonyl (C=O) groups is 1. The van der Waals surface area contributed by atoms with Crippen molar-refractivity contribution < 1.29 is 18.8 Å². The van der Waals surface area contributed by atoms with Crippen LogP contribution in [0.15, 0.2) is 28.8 Å². The summed E-state index contributed by atoms with van der Waals surface area (Å²) in [4.78, 5) is 17.6. The minimum absolute atomic E-state index is 0.119. The highest BCUT2D eigenvalue weighted by Crippen LogP contribution is 2.21. The van der Waals surface area contributed by atoms with Crippen LogP contribution in [-0.4, -0.2) is 57.0 Å². The quantitative estimate of drug-likeness (QED) is 0.724. The SMILES string of the molecule is COCCNC(=O)CN(C)c1nc(-c2ccc(OC)cc2)no1. The molecule has 8 nitrogen and oxygen atoms in total. The van der Waals surface area contributed by atoms with E-state index in [1.54, 1.807) is 26.2 Å². The third-order valence-electron chi connectivity index (χ3n) is 3.10. The molecule has 0 unspecified atom stereocenters. The Labute approximate surface area is 134 Å². The van der Waals surface area contributed by atoms with Crippen molar-refractivity contribution in [2.75, 3.05) is 45.9 Å². The first-order valence-corrected chi connectivity index (χ1v) is 7.09. The summed E-state index contributed by atoms with van der Waals surface area (Å²) < 4.78 is 15.2. The summed E-state index contributed by atoms with van der Waals surface area (Å²) in [5.41, 5.74) is 0.804. The maximum Gasteiger partial charge on any atom is 0.324 e. The van der Waals surface area contributed by atoms with Crippen molar-refractivity contribution in [3.63, 3.8) is 0 Å².